The highest BCUT2D eigenvalue weighted by Gasteiger charge is 2.43. The van der Waals surface area contributed by atoms with Crippen molar-refractivity contribution in [3.63, 3.8) is 0 Å². The van der Waals surface area contributed by atoms with Gasteiger partial charge in [-0.1, -0.05) is 54.1 Å². The maximum atomic E-state index is 14.4. The van der Waals surface area contributed by atoms with Crippen LogP contribution < -0.4 is 10.1 Å². The predicted molar refractivity (Wildman–Crippen MR) is 185 cm³/mol. The fourth-order valence-corrected chi connectivity index (χ4v) is 6.81. The molecule has 5 rings (SSSR count). The van der Waals surface area contributed by atoms with E-state index in [1.165, 1.54) is 17.0 Å². The quantitative estimate of drug-likeness (QED) is 0.188. The number of rotatable bonds is 13. The molecule has 2 aliphatic rings. The van der Waals surface area contributed by atoms with Crippen molar-refractivity contribution in [2.45, 2.75) is 57.0 Å². The van der Waals surface area contributed by atoms with Crippen molar-refractivity contribution in [1.82, 2.24) is 15.1 Å². The van der Waals surface area contributed by atoms with Gasteiger partial charge in [-0.3, -0.25) is 9.59 Å². The summed E-state index contributed by atoms with van der Waals surface area (Å²) in [5.41, 5.74) is 4.01. The third-order valence-corrected chi connectivity index (χ3v) is 9.83. The molecule has 260 valence electrons. The highest BCUT2D eigenvalue weighted by Crippen LogP contribution is 2.35. The fraction of sp³-hybridized carbons (Fsp3) is 0.361. The molecule has 2 bridgehead atoms. The third-order valence-electron chi connectivity index (χ3n) is 8.80. The van der Waals surface area contributed by atoms with E-state index in [0.29, 0.717) is 53.2 Å². The van der Waals surface area contributed by atoms with Crippen LogP contribution in [0.25, 0.3) is 5.57 Å². The summed E-state index contributed by atoms with van der Waals surface area (Å²) in [5, 5.41) is 33.3. The summed E-state index contributed by atoms with van der Waals surface area (Å²) in [5.74, 6) is -2.79. The minimum atomic E-state index is -2.27. The van der Waals surface area contributed by atoms with Crippen LogP contribution in [-0.2, 0) is 27.3 Å². The summed E-state index contributed by atoms with van der Waals surface area (Å²) in [6.45, 7) is 3.07. The molecule has 49 heavy (non-hydrogen) atoms. The number of benzene rings is 3. The van der Waals surface area contributed by atoms with Crippen molar-refractivity contribution >= 4 is 50.9 Å². The summed E-state index contributed by atoms with van der Waals surface area (Å²) in [6, 6.07) is 18.6. The van der Waals surface area contributed by atoms with Crippen molar-refractivity contribution in [2.24, 2.45) is 0 Å². The zero-order chi connectivity index (χ0) is 35.2. The number of carbonyl (C=O) groups is 3. The van der Waals surface area contributed by atoms with Crippen LogP contribution in [0, 0.1) is 5.82 Å². The number of nitrogens with one attached hydrogen (secondary N) is 1. The van der Waals surface area contributed by atoms with Gasteiger partial charge >= 0.3 is 5.97 Å². The van der Waals surface area contributed by atoms with Gasteiger partial charge < -0.3 is 35.2 Å². The first kappa shape index (κ1) is 36.5. The molecular weight excluding hydrogens is 721 g/mol. The number of hydrogen-bond donors (Lipinski definition) is 4. The molecule has 4 N–H and O–H groups in total. The van der Waals surface area contributed by atoms with Crippen molar-refractivity contribution in [3.8, 4) is 5.75 Å². The van der Waals surface area contributed by atoms with Crippen molar-refractivity contribution in [2.75, 3.05) is 26.2 Å². The zero-order valence-corrected chi connectivity index (χ0v) is 29.2. The number of ether oxygens (including phenoxy) is 1. The lowest BCUT2D eigenvalue weighted by molar-refractivity contribution is -0.163. The number of aliphatic carboxylic acids is 1. The molecule has 0 unspecified atom stereocenters. The number of piperazine rings is 1. The number of fused-ring (bicyclic) bond motifs is 2. The van der Waals surface area contributed by atoms with E-state index in [1.807, 2.05) is 49.4 Å². The SMILES string of the molecule is CCN(Cc1ccccc1Cl)C(=O)C1=C(c2ccc(CCCOc3cc(F)ccc3Br)cc2)C[C@@H]2CN(C(=O)[C@@H](O)[C@H](O)C(=O)O)C[C@H]1N2. The highest BCUT2D eigenvalue weighted by atomic mass is 79.9. The van der Waals surface area contributed by atoms with E-state index in [4.69, 9.17) is 21.4 Å². The average molecular weight is 759 g/mol. The summed E-state index contributed by atoms with van der Waals surface area (Å²) >= 11 is 9.81. The Hall–Kier alpha value is -3.81. The zero-order valence-electron chi connectivity index (χ0n) is 26.8. The fourth-order valence-electron chi connectivity index (χ4n) is 6.25. The highest BCUT2D eigenvalue weighted by molar-refractivity contribution is 9.10. The minimum absolute atomic E-state index is 0.00748. The van der Waals surface area contributed by atoms with Gasteiger partial charge in [-0.15, -0.1) is 0 Å². The van der Waals surface area contributed by atoms with E-state index < -0.39 is 30.1 Å². The van der Waals surface area contributed by atoms with Gasteiger partial charge in [-0.25, -0.2) is 9.18 Å². The Morgan fingerprint density at radius 2 is 1.82 bits per heavy atom. The number of aryl methyl sites for hydroxylation is 1. The van der Waals surface area contributed by atoms with E-state index in [9.17, 15) is 29.0 Å². The van der Waals surface area contributed by atoms with Crippen LogP contribution in [0.3, 0.4) is 0 Å². The van der Waals surface area contributed by atoms with Gasteiger partial charge in [0.1, 0.15) is 11.6 Å². The Kier molecular flexibility index (Phi) is 12.1. The van der Waals surface area contributed by atoms with E-state index in [1.54, 1.807) is 17.0 Å². The average Bonchev–Trinajstić information content (AvgIpc) is 3.09. The molecule has 2 amide bonds. The van der Waals surface area contributed by atoms with E-state index in [-0.39, 0.29) is 37.4 Å². The first-order chi connectivity index (χ1) is 23.5. The molecule has 10 nitrogen and oxygen atoms in total. The van der Waals surface area contributed by atoms with Gasteiger partial charge in [0, 0.05) is 48.9 Å². The second kappa shape index (κ2) is 16.3. The van der Waals surface area contributed by atoms with Gasteiger partial charge in [-0.05, 0) is 82.6 Å². The molecule has 4 atom stereocenters. The minimum Gasteiger partial charge on any atom is -0.492 e. The smallest absolute Gasteiger partial charge is 0.335 e. The van der Waals surface area contributed by atoms with Crippen molar-refractivity contribution < 1.29 is 38.8 Å². The van der Waals surface area contributed by atoms with Crippen LogP contribution in [0.2, 0.25) is 5.02 Å². The number of aliphatic hydroxyl groups excluding tert-OH is 2. The van der Waals surface area contributed by atoms with Gasteiger partial charge in [0.15, 0.2) is 12.2 Å². The number of hydrogen-bond acceptors (Lipinski definition) is 7. The summed E-state index contributed by atoms with van der Waals surface area (Å²) in [6.07, 6.45) is -2.61. The van der Waals surface area contributed by atoms with Gasteiger partial charge in [0.05, 0.1) is 17.1 Å². The second-order valence-electron chi connectivity index (χ2n) is 12.1. The molecule has 2 heterocycles. The Balaban J connectivity index is 1.39. The van der Waals surface area contributed by atoms with E-state index >= 15 is 0 Å². The molecule has 2 aliphatic heterocycles. The van der Waals surface area contributed by atoms with Crippen LogP contribution in [0.1, 0.15) is 36.5 Å². The molecular formula is C36H38BrClFN3O7. The molecule has 3 aromatic carbocycles. The summed E-state index contributed by atoms with van der Waals surface area (Å²) < 4.78 is 20.0. The lowest BCUT2D eigenvalue weighted by atomic mass is 9.82. The Bertz CT molecular complexity index is 1720. The molecule has 0 aliphatic carbocycles. The molecule has 3 aromatic rings. The molecule has 1 saturated heterocycles. The van der Waals surface area contributed by atoms with Crippen molar-refractivity contribution in [1.29, 1.82) is 0 Å². The standard InChI is InChI=1S/C36H38BrClFN3O7/c1-2-41(18-23-7-3-4-8-28(23)38)34(45)31-26(17-25-19-42(20-29(31)40-25)35(46)32(43)33(44)36(47)48)22-11-9-21(10-12-22)6-5-15-49-30-16-24(39)13-14-27(30)37/h3-4,7-14,16,25,29,32-33,40,43-44H,2,5-6,15,17-20H2,1H3,(H,47,48)/t25-,29-,32+,33+/m1/s1. The van der Waals surface area contributed by atoms with Crippen LogP contribution >= 0.6 is 27.5 Å². The number of amides is 2. The maximum Gasteiger partial charge on any atom is 0.335 e. The Labute approximate surface area is 297 Å². The number of carboxylic acids is 1. The first-order valence-electron chi connectivity index (χ1n) is 16.0. The molecule has 0 radical (unpaired) electrons. The lowest BCUT2D eigenvalue weighted by Crippen LogP contribution is -2.64. The maximum absolute atomic E-state index is 14.4. The third kappa shape index (κ3) is 8.68. The molecule has 0 saturated carbocycles. The van der Waals surface area contributed by atoms with Gasteiger partial charge in [-0.2, -0.15) is 0 Å². The first-order valence-corrected chi connectivity index (χ1v) is 17.2. The number of aliphatic hydroxyl groups is 2. The largest absolute Gasteiger partial charge is 0.492 e. The van der Waals surface area contributed by atoms with Crippen LogP contribution in [-0.4, -0.2) is 93.4 Å². The van der Waals surface area contributed by atoms with E-state index in [2.05, 4.69) is 21.2 Å². The lowest BCUT2D eigenvalue weighted by Gasteiger charge is -2.45. The summed E-state index contributed by atoms with van der Waals surface area (Å²) in [4.78, 5) is 41.8. The number of nitrogens with zero attached hydrogens (tertiary/aromatic N) is 2. The van der Waals surface area contributed by atoms with Crippen LogP contribution in [0.4, 0.5) is 4.39 Å². The monoisotopic (exact) mass is 757 g/mol. The predicted octanol–water partition coefficient (Wildman–Crippen LogP) is 4.43. The number of likely N-dealkylation sites (N-methyl/N-ethyl adjacent to an activating group) is 1. The van der Waals surface area contributed by atoms with Crippen molar-refractivity contribution in [3.05, 3.63) is 104 Å². The number of carbonyl (C=O) groups excluding carboxylic acids is 2. The topological polar surface area (TPSA) is 140 Å². The second-order valence-corrected chi connectivity index (χ2v) is 13.4. The molecule has 0 spiro atoms. The molecule has 0 aromatic heterocycles. The molecule has 13 heteroatoms. The van der Waals surface area contributed by atoms with Gasteiger partial charge in [0.2, 0.25) is 0 Å². The summed E-state index contributed by atoms with van der Waals surface area (Å²) in [7, 11) is 0. The van der Waals surface area contributed by atoms with E-state index in [0.717, 1.165) is 22.3 Å². The molecule has 1 fully saturated rings. The van der Waals surface area contributed by atoms with Crippen LogP contribution in [0.5, 0.6) is 5.75 Å². The van der Waals surface area contributed by atoms with Gasteiger partial charge in [0.25, 0.3) is 11.8 Å². The Morgan fingerprint density at radius 1 is 1.08 bits per heavy atom. The van der Waals surface area contributed by atoms with Crippen LogP contribution in [0.15, 0.2) is 76.8 Å². The normalized spacial score (nSPS) is 18.5. The number of carboxylic acid groups (broad SMARTS) is 1. The number of halogens is 3. The Morgan fingerprint density at radius 3 is 2.51 bits per heavy atom.